The van der Waals surface area contributed by atoms with Gasteiger partial charge in [-0.3, -0.25) is 25.5 Å². The predicted molar refractivity (Wildman–Crippen MR) is 69.7 cm³/mol. The van der Waals surface area contributed by atoms with Crippen LogP contribution in [0.2, 0.25) is 0 Å². The fourth-order valence-corrected chi connectivity index (χ4v) is 2.85. The molecule has 1 saturated heterocycles. The SMILES string of the molecule is O=C(O)C1(c2ccccc2)NCCCC1([N+](=O)[O-])[N+](=O)[O-]. The van der Waals surface area contributed by atoms with E-state index in [4.69, 9.17) is 0 Å². The van der Waals surface area contributed by atoms with Gasteiger partial charge in [0.25, 0.3) is 5.54 Å². The fraction of sp³-hybridized carbons (Fsp3) is 0.417. The van der Waals surface area contributed by atoms with E-state index in [2.05, 4.69) is 5.32 Å². The van der Waals surface area contributed by atoms with Crippen LogP contribution >= 0.6 is 0 Å². The van der Waals surface area contributed by atoms with Crippen LogP contribution in [0.25, 0.3) is 0 Å². The molecule has 0 aliphatic carbocycles. The summed E-state index contributed by atoms with van der Waals surface area (Å²) in [6, 6.07) is 7.26. The average molecular weight is 295 g/mol. The molecule has 0 radical (unpaired) electrons. The Balaban J connectivity index is 2.80. The number of nitro groups is 2. The summed E-state index contributed by atoms with van der Waals surface area (Å²) in [7, 11) is 0. The Morgan fingerprint density at radius 3 is 2.24 bits per heavy atom. The van der Waals surface area contributed by atoms with Crippen molar-refractivity contribution in [2.75, 3.05) is 6.54 Å². The molecule has 1 atom stereocenters. The minimum Gasteiger partial charge on any atom is -0.479 e. The smallest absolute Gasteiger partial charge is 0.479 e. The molecule has 112 valence electrons. The van der Waals surface area contributed by atoms with Gasteiger partial charge in [0.15, 0.2) is 0 Å². The summed E-state index contributed by atoms with van der Waals surface area (Å²) in [6.45, 7) is 0.143. The van der Waals surface area contributed by atoms with Gasteiger partial charge in [0.05, 0.1) is 6.42 Å². The number of nitrogens with one attached hydrogen (secondary N) is 1. The van der Waals surface area contributed by atoms with E-state index < -0.39 is 33.4 Å². The Kier molecular flexibility index (Phi) is 3.60. The van der Waals surface area contributed by atoms with Crippen molar-refractivity contribution in [3.8, 4) is 0 Å². The van der Waals surface area contributed by atoms with Gasteiger partial charge in [-0.1, -0.05) is 30.3 Å². The summed E-state index contributed by atoms with van der Waals surface area (Å²) in [5.41, 5.74) is -5.26. The molecule has 1 fully saturated rings. The van der Waals surface area contributed by atoms with Crippen molar-refractivity contribution in [3.05, 3.63) is 56.1 Å². The second-order valence-corrected chi connectivity index (χ2v) is 4.78. The Bertz CT molecular complexity index is 576. The second-order valence-electron chi connectivity index (χ2n) is 4.78. The standard InChI is InChI=1S/C12H13N3O6/c16-10(17)12(9-5-2-1-3-6-9)11(14(18)19,15(20)21)7-4-8-13-12/h1-3,5-6,13H,4,7-8H2,(H,16,17). The molecule has 21 heavy (non-hydrogen) atoms. The van der Waals surface area contributed by atoms with Gasteiger partial charge in [0, 0.05) is 0 Å². The van der Waals surface area contributed by atoms with E-state index in [1.165, 1.54) is 24.3 Å². The minimum absolute atomic E-state index is 0.00870. The molecule has 1 unspecified atom stereocenters. The molecule has 1 aliphatic heterocycles. The Morgan fingerprint density at radius 1 is 1.19 bits per heavy atom. The number of nitrogens with zero attached hydrogens (tertiary/aromatic N) is 2. The average Bonchev–Trinajstić information content (AvgIpc) is 2.47. The summed E-state index contributed by atoms with van der Waals surface area (Å²) in [5, 5.41) is 35.1. The molecule has 0 spiro atoms. The van der Waals surface area contributed by atoms with Crippen molar-refractivity contribution >= 4 is 5.97 Å². The van der Waals surface area contributed by atoms with Gasteiger partial charge >= 0.3 is 11.6 Å². The maximum absolute atomic E-state index is 11.8. The number of carboxylic acid groups (broad SMARTS) is 1. The van der Waals surface area contributed by atoms with Crippen molar-refractivity contribution in [3.63, 3.8) is 0 Å². The van der Waals surface area contributed by atoms with Gasteiger partial charge in [0.2, 0.25) is 0 Å². The lowest BCUT2D eigenvalue weighted by atomic mass is 9.73. The summed E-state index contributed by atoms with van der Waals surface area (Å²) in [4.78, 5) is 32.6. The first kappa shape index (κ1) is 14.9. The lowest BCUT2D eigenvalue weighted by Crippen LogP contribution is -2.73. The summed E-state index contributed by atoms with van der Waals surface area (Å²) >= 11 is 0. The fourth-order valence-electron chi connectivity index (χ4n) is 2.85. The van der Waals surface area contributed by atoms with E-state index in [1.807, 2.05) is 0 Å². The number of benzene rings is 1. The molecule has 9 nitrogen and oxygen atoms in total. The van der Waals surface area contributed by atoms with Crippen LogP contribution in [0.5, 0.6) is 0 Å². The highest BCUT2D eigenvalue weighted by Gasteiger charge is 2.78. The first-order chi connectivity index (χ1) is 9.89. The number of hydrogen-bond acceptors (Lipinski definition) is 6. The lowest BCUT2D eigenvalue weighted by molar-refractivity contribution is -0.810. The van der Waals surface area contributed by atoms with Crippen LogP contribution in [0.3, 0.4) is 0 Å². The number of carbonyl (C=O) groups is 1. The predicted octanol–water partition coefficient (Wildman–Crippen LogP) is 0.600. The van der Waals surface area contributed by atoms with Crippen LogP contribution in [0.4, 0.5) is 0 Å². The molecule has 1 aromatic carbocycles. The second kappa shape index (κ2) is 5.09. The van der Waals surface area contributed by atoms with E-state index in [9.17, 15) is 30.1 Å². The molecule has 2 N–H and O–H groups in total. The first-order valence-electron chi connectivity index (χ1n) is 6.22. The van der Waals surface area contributed by atoms with E-state index >= 15 is 0 Å². The molecule has 2 rings (SSSR count). The molecule has 0 aromatic heterocycles. The highest BCUT2D eigenvalue weighted by atomic mass is 16.7. The van der Waals surface area contributed by atoms with Crippen LogP contribution in [-0.4, -0.2) is 33.1 Å². The first-order valence-corrected chi connectivity index (χ1v) is 6.22. The highest BCUT2D eigenvalue weighted by molar-refractivity contribution is 5.82. The summed E-state index contributed by atoms with van der Waals surface area (Å²) in [5.74, 6) is -1.64. The molecular weight excluding hydrogens is 282 g/mol. The van der Waals surface area contributed by atoms with Crippen molar-refractivity contribution in [1.29, 1.82) is 0 Å². The molecule has 0 saturated carbocycles. The molecule has 1 aromatic rings. The monoisotopic (exact) mass is 295 g/mol. The van der Waals surface area contributed by atoms with Crippen molar-refractivity contribution in [2.45, 2.75) is 24.0 Å². The van der Waals surface area contributed by atoms with Crippen LogP contribution in [-0.2, 0) is 10.3 Å². The maximum Gasteiger partial charge on any atom is 0.490 e. The topological polar surface area (TPSA) is 136 Å². The maximum atomic E-state index is 11.8. The number of piperidine rings is 1. The van der Waals surface area contributed by atoms with E-state index in [0.717, 1.165) is 0 Å². The molecule has 1 aliphatic rings. The van der Waals surface area contributed by atoms with Crippen LogP contribution in [0.1, 0.15) is 18.4 Å². The normalized spacial score (nSPS) is 24.2. The van der Waals surface area contributed by atoms with E-state index in [-0.39, 0.29) is 18.5 Å². The zero-order chi connectivity index (χ0) is 15.7. The molecule has 0 amide bonds. The van der Waals surface area contributed by atoms with Gasteiger partial charge in [-0.15, -0.1) is 0 Å². The van der Waals surface area contributed by atoms with Crippen LogP contribution in [0.15, 0.2) is 30.3 Å². The summed E-state index contributed by atoms with van der Waals surface area (Å²) in [6.07, 6.45) is -0.314. The Morgan fingerprint density at radius 2 is 1.76 bits per heavy atom. The van der Waals surface area contributed by atoms with Gasteiger partial charge in [-0.25, -0.2) is 4.79 Å². The quantitative estimate of drug-likeness (QED) is 0.471. The third-order valence-electron chi connectivity index (χ3n) is 3.82. The van der Waals surface area contributed by atoms with Crippen molar-refractivity contribution in [2.24, 2.45) is 0 Å². The van der Waals surface area contributed by atoms with Crippen molar-refractivity contribution < 1.29 is 19.7 Å². The Labute approximate surface area is 118 Å². The van der Waals surface area contributed by atoms with Gasteiger partial charge < -0.3 is 5.11 Å². The highest BCUT2D eigenvalue weighted by Crippen LogP contribution is 2.42. The van der Waals surface area contributed by atoms with Gasteiger partial charge in [-0.2, -0.15) is 0 Å². The third-order valence-corrected chi connectivity index (χ3v) is 3.82. The van der Waals surface area contributed by atoms with E-state index in [1.54, 1.807) is 6.07 Å². The largest absolute Gasteiger partial charge is 0.490 e. The molecule has 9 heteroatoms. The molecule has 0 bridgehead atoms. The third kappa shape index (κ3) is 1.85. The Hall–Kier alpha value is -2.55. The number of carboxylic acids is 1. The van der Waals surface area contributed by atoms with Crippen LogP contribution in [0, 0.1) is 20.2 Å². The van der Waals surface area contributed by atoms with Crippen molar-refractivity contribution in [1.82, 2.24) is 5.32 Å². The molecular formula is C12H13N3O6. The zero-order valence-corrected chi connectivity index (χ0v) is 10.9. The number of aliphatic carboxylic acids is 1. The molecule has 1 heterocycles. The number of hydrogen-bond donors (Lipinski definition) is 2. The summed E-state index contributed by atoms with van der Waals surface area (Å²) < 4.78 is 0. The van der Waals surface area contributed by atoms with E-state index in [0.29, 0.717) is 0 Å². The van der Waals surface area contributed by atoms with Gasteiger partial charge in [0.1, 0.15) is 9.85 Å². The zero-order valence-electron chi connectivity index (χ0n) is 10.9. The lowest BCUT2D eigenvalue weighted by Gasteiger charge is -2.38. The van der Waals surface area contributed by atoms with Gasteiger partial charge in [-0.05, 0) is 18.5 Å². The minimum atomic E-state index is -2.85. The number of rotatable bonds is 4. The van der Waals surface area contributed by atoms with Crippen LogP contribution < -0.4 is 5.32 Å².